The minimum atomic E-state index is -3.53. The molecule has 0 unspecified atom stereocenters. The van der Waals surface area contributed by atoms with Crippen LogP contribution in [0.4, 0.5) is 0 Å². The molecule has 3 aromatic rings. The van der Waals surface area contributed by atoms with Gasteiger partial charge in [-0.3, -0.25) is 9.59 Å². The number of aryl methyl sites for hydroxylation is 1. The van der Waals surface area contributed by atoms with E-state index >= 15 is 0 Å². The first kappa shape index (κ1) is 29.1. The first-order valence-electron chi connectivity index (χ1n) is 12.8. The molecule has 0 saturated heterocycles. The second-order valence-corrected chi connectivity index (χ2v) is 12.3. The number of carbonyl (C=O) groups excluding carboxylic acids is 2. The average Bonchev–Trinajstić information content (AvgIpc) is 3.74. The molecule has 39 heavy (non-hydrogen) atoms. The summed E-state index contributed by atoms with van der Waals surface area (Å²) in [4.78, 5) is 28.2. The van der Waals surface area contributed by atoms with E-state index in [9.17, 15) is 18.0 Å². The molecule has 0 aromatic heterocycles. The Morgan fingerprint density at radius 1 is 0.872 bits per heavy atom. The van der Waals surface area contributed by atoms with Crippen molar-refractivity contribution >= 4 is 45.0 Å². The number of amides is 2. The highest BCUT2D eigenvalue weighted by Crippen LogP contribution is 2.23. The second-order valence-electron chi connectivity index (χ2n) is 9.71. The standard InChI is InChI=1S/C29H31Cl2N3O4S/c1-20(29(36)32-18-22-2-9-24(30)10-3-22)34(19-23-4-11-25(31)12-5-23)28(35)17-8-21-6-15-27(16-7-21)39(37,38)33-26-13-14-26/h2-7,9-12,15-16,20,26,33H,8,13-14,17-19H2,1H3,(H,32,36)/t20-/m0/s1. The Bertz CT molecular complexity index is 1390. The number of nitrogens with one attached hydrogen (secondary N) is 2. The summed E-state index contributed by atoms with van der Waals surface area (Å²) in [6.45, 7) is 2.27. The molecular weight excluding hydrogens is 557 g/mol. The van der Waals surface area contributed by atoms with E-state index in [4.69, 9.17) is 23.2 Å². The van der Waals surface area contributed by atoms with Gasteiger partial charge in [0.2, 0.25) is 21.8 Å². The van der Waals surface area contributed by atoms with Gasteiger partial charge in [0.15, 0.2) is 0 Å². The monoisotopic (exact) mass is 587 g/mol. The number of sulfonamides is 1. The zero-order valence-corrected chi connectivity index (χ0v) is 23.9. The summed E-state index contributed by atoms with van der Waals surface area (Å²) in [7, 11) is -3.53. The maximum atomic E-state index is 13.4. The van der Waals surface area contributed by atoms with Gasteiger partial charge in [0, 0.05) is 35.6 Å². The molecule has 0 aliphatic heterocycles. The number of halogens is 2. The first-order chi connectivity index (χ1) is 18.6. The summed E-state index contributed by atoms with van der Waals surface area (Å²) in [5, 5.41) is 4.10. The van der Waals surface area contributed by atoms with Gasteiger partial charge < -0.3 is 10.2 Å². The SMILES string of the molecule is C[C@@H](C(=O)NCc1ccc(Cl)cc1)N(Cc1ccc(Cl)cc1)C(=O)CCc1ccc(S(=O)(=O)NC2CC2)cc1. The number of nitrogens with zero attached hydrogens (tertiary/aromatic N) is 1. The molecule has 206 valence electrons. The van der Waals surface area contributed by atoms with Crippen LogP contribution in [-0.2, 0) is 39.1 Å². The Balaban J connectivity index is 1.41. The molecule has 1 fully saturated rings. The molecule has 7 nitrogen and oxygen atoms in total. The maximum absolute atomic E-state index is 13.4. The molecule has 1 saturated carbocycles. The summed E-state index contributed by atoms with van der Waals surface area (Å²) in [5.41, 5.74) is 2.58. The van der Waals surface area contributed by atoms with Crippen molar-refractivity contribution in [1.29, 1.82) is 0 Å². The Morgan fingerprint density at radius 3 is 1.97 bits per heavy atom. The largest absolute Gasteiger partial charge is 0.350 e. The summed E-state index contributed by atoms with van der Waals surface area (Å²) < 4.78 is 27.5. The lowest BCUT2D eigenvalue weighted by molar-refractivity contribution is -0.140. The van der Waals surface area contributed by atoms with Crippen LogP contribution in [0.15, 0.2) is 77.7 Å². The molecule has 10 heteroatoms. The number of hydrogen-bond donors (Lipinski definition) is 2. The van der Waals surface area contributed by atoms with E-state index in [1.807, 2.05) is 24.3 Å². The quantitative estimate of drug-likeness (QED) is 0.308. The zero-order valence-electron chi connectivity index (χ0n) is 21.6. The molecule has 1 atom stereocenters. The maximum Gasteiger partial charge on any atom is 0.242 e. The lowest BCUT2D eigenvalue weighted by Gasteiger charge is -2.29. The van der Waals surface area contributed by atoms with Crippen molar-refractivity contribution in [3.8, 4) is 0 Å². The molecule has 0 radical (unpaired) electrons. The van der Waals surface area contributed by atoms with Crippen molar-refractivity contribution in [2.45, 2.75) is 62.7 Å². The normalized spacial score (nSPS) is 14.0. The smallest absolute Gasteiger partial charge is 0.242 e. The highest BCUT2D eigenvalue weighted by atomic mass is 35.5. The van der Waals surface area contributed by atoms with E-state index in [0.29, 0.717) is 23.0 Å². The molecule has 0 spiro atoms. The third-order valence-corrected chi connectivity index (χ3v) is 8.61. The van der Waals surface area contributed by atoms with Crippen molar-refractivity contribution < 1.29 is 18.0 Å². The average molecular weight is 589 g/mol. The van der Waals surface area contributed by atoms with Crippen LogP contribution in [0.2, 0.25) is 10.0 Å². The van der Waals surface area contributed by atoms with Gasteiger partial charge in [0.05, 0.1) is 4.90 Å². The summed E-state index contributed by atoms with van der Waals surface area (Å²) >= 11 is 12.0. The first-order valence-corrected chi connectivity index (χ1v) is 15.0. The van der Waals surface area contributed by atoms with Crippen molar-refractivity contribution in [2.75, 3.05) is 0 Å². The topological polar surface area (TPSA) is 95.6 Å². The summed E-state index contributed by atoms with van der Waals surface area (Å²) in [6, 6.07) is 20.2. The fourth-order valence-corrected chi connectivity index (χ4v) is 5.58. The molecule has 1 aliphatic rings. The zero-order chi connectivity index (χ0) is 28.0. The Hall–Kier alpha value is -2.91. The van der Waals surface area contributed by atoms with Crippen LogP contribution in [0.5, 0.6) is 0 Å². The fourth-order valence-electron chi connectivity index (χ4n) is 4.03. The Kier molecular flexibility index (Phi) is 9.67. The van der Waals surface area contributed by atoms with Crippen LogP contribution >= 0.6 is 23.2 Å². The molecule has 0 bridgehead atoms. The summed E-state index contributed by atoms with van der Waals surface area (Å²) in [5.74, 6) is -0.462. The van der Waals surface area contributed by atoms with E-state index in [-0.39, 0.29) is 35.7 Å². The van der Waals surface area contributed by atoms with Crippen LogP contribution in [-0.4, -0.2) is 37.2 Å². The van der Waals surface area contributed by atoms with Gasteiger partial charge in [-0.25, -0.2) is 13.1 Å². The molecule has 3 aromatic carbocycles. The highest BCUT2D eigenvalue weighted by molar-refractivity contribution is 7.89. The lowest BCUT2D eigenvalue weighted by atomic mass is 10.1. The third-order valence-electron chi connectivity index (χ3n) is 6.57. The fraction of sp³-hybridized carbons (Fsp3) is 0.310. The van der Waals surface area contributed by atoms with E-state index in [0.717, 1.165) is 29.5 Å². The van der Waals surface area contributed by atoms with Gasteiger partial charge in [-0.1, -0.05) is 59.6 Å². The molecule has 2 N–H and O–H groups in total. The molecule has 4 rings (SSSR count). The van der Waals surface area contributed by atoms with Gasteiger partial charge >= 0.3 is 0 Å². The van der Waals surface area contributed by atoms with Gasteiger partial charge in [-0.05, 0) is 79.3 Å². The van der Waals surface area contributed by atoms with Crippen LogP contribution in [0.3, 0.4) is 0 Å². The van der Waals surface area contributed by atoms with Gasteiger partial charge in [0.25, 0.3) is 0 Å². The molecular formula is C29H31Cl2N3O4S. The lowest BCUT2D eigenvalue weighted by Crippen LogP contribution is -2.47. The van der Waals surface area contributed by atoms with Crippen molar-refractivity contribution in [3.63, 3.8) is 0 Å². The van der Waals surface area contributed by atoms with E-state index < -0.39 is 16.1 Å². The second kappa shape index (κ2) is 13.0. The van der Waals surface area contributed by atoms with Gasteiger partial charge in [-0.2, -0.15) is 0 Å². The van der Waals surface area contributed by atoms with Gasteiger partial charge in [0.1, 0.15) is 6.04 Å². The van der Waals surface area contributed by atoms with E-state index in [2.05, 4.69) is 10.0 Å². The highest BCUT2D eigenvalue weighted by Gasteiger charge is 2.28. The van der Waals surface area contributed by atoms with Crippen molar-refractivity contribution in [2.24, 2.45) is 0 Å². The minimum Gasteiger partial charge on any atom is -0.350 e. The molecule has 1 aliphatic carbocycles. The van der Waals surface area contributed by atoms with Crippen LogP contribution in [0, 0.1) is 0 Å². The van der Waals surface area contributed by atoms with Crippen molar-refractivity contribution in [3.05, 3.63) is 99.5 Å². The van der Waals surface area contributed by atoms with Crippen LogP contribution in [0.1, 0.15) is 42.9 Å². The van der Waals surface area contributed by atoms with Crippen LogP contribution < -0.4 is 10.0 Å². The summed E-state index contributed by atoms with van der Waals surface area (Å²) in [6.07, 6.45) is 2.30. The predicted octanol–water partition coefficient (Wildman–Crippen LogP) is 5.10. The predicted molar refractivity (Wildman–Crippen MR) is 153 cm³/mol. The van der Waals surface area contributed by atoms with Gasteiger partial charge in [-0.15, -0.1) is 0 Å². The minimum absolute atomic E-state index is 0.0318. The third kappa shape index (κ3) is 8.54. The van der Waals surface area contributed by atoms with Crippen molar-refractivity contribution in [1.82, 2.24) is 14.9 Å². The number of benzene rings is 3. The Labute approximate surface area is 239 Å². The number of hydrogen-bond acceptors (Lipinski definition) is 4. The van der Waals surface area contributed by atoms with E-state index in [1.54, 1.807) is 60.4 Å². The van der Waals surface area contributed by atoms with Crippen LogP contribution in [0.25, 0.3) is 0 Å². The molecule has 2 amide bonds. The van der Waals surface area contributed by atoms with E-state index in [1.165, 1.54) is 0 Å². The number of rotatable bonds is 12. The Morgan fingerprint density at radius 2 is 1.41 bits per heavy atom. The molecule has 0 heterocycles. The number of carbonyl (C=O) groups is 2.